The Morgan fingerprint density at radius 3 is 2.71 bits per heavy atom. The topological polar surface area (TPSA) is 24.5 Å². The largest absolute Gasteiger partial charge is 0.377 e. The van der Waals surface area contributed by atoms with Gasteiger partial charge in [0.25, 0.3) is 0 Å². The lowest BCUT2D eigenvalue weighted by molar-refractivity contribution is 0.0735. The van der Waals surface area contributed by atoms with Gasteiger partial charge >= 0.3 is 0 Å². The Hall–Kier alpha value is -0.900. The predicted molar refractivity (Wildman–Crippen MR) is 88.6 cm³/mol. The number of likely N-dealkylation sites (N-methyl/N-ethyl adjacent to an activating group) is 1. The average molecular weight is 290 g/mol. The maximum atomic E-state index is 5.77. The molecule has 1 aromatic carbocycles. The van der Waals surface area contributed by atoms with Gasteiger partial charge in [-0.1, -0.05) is 44.2 Å². The van der Waals surface area contributed by atoms with Crippen LogP contribution in [0.15, 0.2) is 30.3 Å². The zero-order valence-corrected chi connectivity index (χ0v) is 13.6. The average Bonchev–Trinajstić information content (AvgIpc) is 3.04. The van der Waals surface area contributed by atoms with Crippen molar-refractivity contribution >= 4 is 0 Å². The Morgan fingerprint density at radius 1 is 1.29 bits per heavy atom. The number of nitrogens with zero attached hydrogens (tertiary/aromatic N) is 1. The van der Waals surface area contributed by atoms with E-state index in [9.17, 15) is 0 Å². The molecule has 1 saturated heterocycles. The minimum atomic E-state index is 0.453. The Balaban J connectivity index is 1.84. The molecule has 3 heteroatoms. The highest BCUT2D eigenvalue weighted by atomic mass is 16.5. The van der Waals surface area contributed by atoms with Gasteiger partial charge < -0.3 is 15.0 Å². The van der Waals surface area contributed by atoms with Crippen LogP contribution in [-0.2, 0) is 4.74 Å². The van der Waals surface area contributed by atoms with Gasteiger partial charge in [-0.05, 0) is 37.9 Å². The van der Waals surface area contributed by atoms with Crippen LogP contribution in [0.1, 0.15) is 44.7 Å². The predicted octanol–water partition coefficient (Wildman–Crippen LogP) is 3.23. The molecule has 3 nitrogen and oxygen atoms in total. The molecule has 21 heavy (non-hydrogen) atoms. The summed E-state index contributed by atoms with van der Waals surface area (Å²) < 4.78 is 5.77. The molecule has 0 bridgehead atoms. The van der Waals surface area contributed by atoms with Crippen molar-refractivity contribution in [2.45, 2.75) is 45.3 Å². The number of hydrogen-bond acceptors (Lipinski definition) is 3. The van der Waals surface area contributed by atoms with Gasteiger partial charge in [-0.3, -0.25) is 0 Å². The number of hydrogen-bond donors (Lipinski definition) is 1. The van der Waals surface area contributed by atoms with E-state index in [0.29, 0.717) is 12.1 Å². The first kappa shape index (κ1) is 16.5. The molecular weight excluding hydrogens is 260 g/mol. The van der Waals surface area contributed by atoms with E-state index in [1.165, 1.54) is 18.4 Å². The smallest absolute Gasteiger partial charge is 0.0702 e. The number of rotatable bonds is 9. The van der Waals surface area contributed by atoms with E-state index in [0.717, 1.165) is 39.2 Å². The van der Waals surface area contributed by atoms with Crippen molar-refractivity contribution in [1.82, 2.24) is 10.2 Å². The van der Waals surface area contributed by atoms with E-state index in [-0.39, 0.29) is 0 Å². The fraction of sp³-hybridized carbons (Fsp3) is 0.667. The van der Waals surface area contributed by atoms with E-state index in [2.05, 4.69) is 54.4 Å². The van der Waals surface area contributed by atoms with Crippen molar-refractivity contribution in [2.75, 3.05) is 32.8 Å². The number of nitrogens with one attached hydrogen (secondary N) is 1. The molecule has 1 heterocycles. The second-order valence-electron chi connectivity index (χ2n) is 5.84. The number of benzene rings is 1. The molecule has 2 unspecified atom stereocenters. The van der Waals surface area contributed by atoms with Crippen molar-refractivity contribution in [2.24, 2.45) is 0 Å². The first-order chi connectivity index (χ1) is 10.3. The molecule has 2 atom stereocenters. The molecule has 0 amide bonds. The third-order valence-corrected chi connectivity index (χ3v) is 4.32. The lowest BCUT2D eigenvalue weighted by Crippen LogP contribution is -2.35. The molecule has 118 valence electrons. The summed E-state index contributed by atoms with van der Waals surface area (Å²) in [6.07, 6.45) is 4.07. The summed E-state index contributed by atoms with van der Waals surface area (Å²) in [5, 5.41) is 3.61. The minimum absolute atomic E-state index is 0.453. The normalized spacial score (nSPS) is 20.0. The first-order valence-corrected chi connectivity index (χ1v) is 8.45. The SMILES string of the molecule is CCNC(CCN(CC)CC1CCCO1)c1ccccc1. The minimum Gasteiger partial charge on any atom is -0.377 e. The molecule has 0 radical (unpaired) electrons. The Kier molecular flexibility index (Phi) is 7.20. The van der Waals surface area contributed by atoms with E-state index in [4.69, 9.17) is 4.74 Å². The van der Waals surface area contributed by atoms with Gasteiger partial charge in [0, 0.05) is 25.7 Å². The summed E-state index contributed by atoms with van der Waals surface area (Å²) in [7, 11) is 0. The van der Waals surface area contributed by atoms with Gasteiger partial charge in [-0.2, -0.15) is 0 Å². The molecule has 2 rings (SSSR count). The van der Waals surface area contributed by atoms with E-state index < -0.39 is 0 Å². The molecule has 0 saturated carbocycles. The van der Waals surface area contributed by atoms with Crippen LogP contribution >= 0.6 is 0 Å². The lowest BCUT2D eigenvalue weighted by atomic mass is 10.0. The van der Waals surface area contributed by atoms with Crippen LogP contribution in [0.3, 0.4) is 0 Å². The summed E-state index contributed by atoms with van der Waals surface area (Å²) in [4.78, 5) is 2.53. The van der Waals surface area contributed by atoms with E-state index in [1.54, 1.807) is 0 Å². The van der Waals surface area contributed by atoms with Gasteiger partial charge in [0.05, 0.1) is 6.10 Å². The van der Waals surface area contributed by atoms with E-state index >= 15 is 0 Å². The monoisotopic (exact) mass is 290 g/mol. The van der Waals surface area contributed by atoms with Crippen molar-refractivity contribution in [3.8, 4) is 0 Å². The molecular formula is C18H30N2O. The van der Waals surface area contributed by atoms with Crippen LogP contribution in [0, 0.1) is 0 Å². The molecule has 1 fully saturated rings. The molecule has 0 aliphatic carbocycles. The van der Waals surface area contributed by atoms with Crippen molar-refractivity contribution in [3.63, 3.8) is 0 Å². The summed E-state index contributed by atoms with van der Waals surface area (Å²) >= 11 is 0. The van der Waals surface area contributed by atoms with Crippen molar-refractivity contribution in [1.29, 1.82) is 0 Å². The molecule has 1 aliphatic rings. The lowest BCUT2D eigenvalue weighted by Gasteiger charge is -2.26. The fourth-order valence-electron chi connectivity index (χ4n) is 3.08. The summed E-state index contributed by atoms with van der Waals surface area (Å²) in [6, 6.07) is 11.2. The summed E-state index contributed by atoms with van der Waals surface area (Å²) in [5.74, 6) is 0. The molecule has 0 aromatic heterocycles. The Morgan fingerprint density at radius 2 is 2.10 bits per heavy atom. The first-order valence-electron chi connectivity index (χ1n) is 8.45. The molecule has 1 N–H and O–H groups in total. The summed E-state index contributed by atoms with van der Waals surface area (Å²) in [6.45, 7) is 9.71. The van der Waals surface area contributed by atoms with Crippen LogP contribution in [-0.4, -0.2) is 43.8 Å². The van der Waals surface area contributed by atoms with Crippen LogP contribution < -0.4 is 5.32 Å². The molecule has 1 aliphatic heterocycles. The second-order valence-corrected chi connectivity index (χ2v) is 5.84. The summed E-state index contributed by atoms with van der Waals surface area (Å²) in [5.41, 5.74) is 1.40. The second kappa shape index (κ2) is 9.19. The highest BCUT2D eigenvalue weighted by molar-refractivity contribution is 5.18. The van der Waals surface area contributed by atoms with Gasteiger partial charge in [0.1, 0.15) is 0 Å². The van der Waals surface area contributed by atoms with Crippen molar-refractivity contribution < 1.29 is 4.74 Å². The van der Waals surface area contributed by atoms with Gasteiger partial charge in [-0.25, -0.2) is 0 Å². The maximum absolute atomic E-state index is 5.77. The zero-order valence-electron chi connectivity index (χ0n) is 13.6. The van der Waals surface area contributed by atoms with Crippen molar-refractivity contribution in [3.05, 3.63) is 35.9 Å². The van der Waals surface area contributed by atoms with E-state index in [1.807, 2.05) is 0 Å². The molecule has 1 aromatic rings. The fourth-order valence-corrected chi connectivity index (χ4v) is 3.08. The van der Waals surface area contributed by atoms with Gasteiger partial charge in [0.15, 0.2) is 0 Å². The third-order valence-electron chi connectivity index (χ3n) is 4.32. The highest BCUT2D eigenvalue weighted by Gasteiger charge is 2.19. The Bertz CT molecular complexity index is 376. The quantitative estimate of drug-likeness (QED) is 0.755. The van der Waals surface area contributed by atoms with Gasteiger partial charge in [-0.15, -0.1) is 0 Å². The van der Waals surface area contributed by atoms with Crippen LogP contribution in [0.5, 0.6) is 0 Å². The standard InChI is InChI=1S/C18H30N2O/c1-3-19-18(16-9-6-5-7-10-16)12-13-20(4-2)15-17-11-8-14-21-17/h5-7,9-10,17-19H,3-4,8,11-15H2,1-2H3. The van der Waals surface area contributed by atoms with Crippen LogP contribution in [0.4, 0.5) is 0 Å². The van der Waals surface area contributed by atoms with Gasteiger partial charge in [0.2, 0.25) is 0 Å². The third kappa shape index (κ3) is 5.42. The molecule has 0 spiro atoms. The maximum Gasteiger partial charge on any atom is 0.0702 e. The zero-order chi connectivity index (χ0) is 14.9. The Labute approximate surface area is 129 Å². The van der Waals surface area contributed by atoms with Crippen LogP contribution in [0.25, 0.3) is 0 Å². The highest BCUT2D eigenvalue weighted by Crippen LogP contribution is 2.18. The number of ether oxygens (including phenoxy) is 1. The van der Waals surface area contributed by atoms with Crippen LogP contribution in [0.2, 0.25) is 0 Å².